The number of benzene rings is 1. The fourth-order valence-electron chi connectivity index (χ4n) is 3.16. The Bertz CT molecular complexity index is 1130. The Hall–Kier alpha value is -2.95. The molecule has 0 aliphatic carbocycles. The minimum absolute atomic E-state index is 0.118. The van der Waals surface area contributed by atoms with Crippen LogP contribution < -0.4 is 10.2 Å². The highest BCUT2D eigenvalue weighted by Gasteiger charge is 2.22. The van der Waals surface area contributed by atoms with Crippen molar-refractivity contribution in [3.63, 3.8) is 0 Å². The molecule has 2 aromatic heterocycles. The number of aromatic nitrogens is 2. The summed E-state index contributed by atoms with van der Waals surface area (Å²) < 4.78 is 28.3. The molecule has 156 valence electrons. The lowest BCUT2D eigenvalue weighted by atomic mass is 10.1. The van der Waals surface area contributed by atoms with Crippen molar-refractivity contribution in [3.05, 3.63) is 59.3 Å². The number of thiazole rings is 1. The van der Waals surface area contributed by atoms with Crippen LogP contribution in [-0.4, -0.2) is 45.8 Å². The van der Waals surface area contributed by atoms with Crippen molar-refractivity contribution >= 4 is 38.4 Å². The summed E-state index contributed by atoms with van der Waals surface area (Å²) >= 11 is 1.19. The van der Waals surface area contributed by atoms with Crippen molar-refractivity contribution < 1.29 is 23.8 Å². The third-order valence-electron chi connectivity index (χ3n) is 4.77. The molecular formula is C20H18F2N4O3S. The summed E-state index contributed by atoms with van der Waals surface area (Å²) in [6, 6.07) is 5.38. The molecule has 0 spiro atoms. The molecule has 30 heavy (non-hydrogen) atoms. The molecule has 0 radical (unpaired) electrons. The number of hydrogen-bond acceptors (Lipinski definition) is 7. The Morgan fingerprint density at radius 3 is 2.87 bits per heavy atom. The van der Waals surface area contributed by atoms with E-state index in [0.29, 0.717) is 40.4 Å². The van der Waals surface area contributed by atoms with Gasteiger partial charge < -0.3 is 15.1 Å². The molecule has 3 aromatic rings. The van der Waals surface area contributed by atoms with E-state index in [1.807, 2.05) is 0 Å². The van der Waals surface area contributed by atoms with E-state index in [1.54, 1.807) is 17.0 Å². The quantitative estimate of drug-likeness (QED) is 0.574. The first-order valence-corrected chi connectivity index (χ1v) is 10.0. The maximum atomic E-state index is 14.4. The zero-order chi connectivity index (χ0) is 21.3. The molecule has 1 atom stereocenters. The maximum Gasteiger partial charge on any atom is 0.253 e. The lowest BCUT2D eigenvalue weighted by Gasteiger charge is -2.27. The fraction of sp³-hybridized carbons (Fsp3) is 0.250. The average Bonchev–Trinajstić information content (AvgIpc) is 3.14. The van der Waals surface area contributed by atoms with Gasteiger partial charge in [-0.2, -0.15) is 0 Å². The normalized spacial score (nSPS) is 15.2. The van der Waals surface area contributed by atoms with Gasteiger partial charge in [-0.1, -0.05) is 17.4 Å². The molecule has 1 aromatic carbocycles. The maximum absolute atomic E-state index is 14.4. The number of anilines is 2. The van der Waals surface area contributed by atoms with E-state index in [9.17, 15) is 18.7 Å². The number of rotatable bonds is 5. The second-order valence-electron chi connectivity index (χ2n) is 6.78. The first kappa shape index (κ1) is 20.3. The van der Waals surface area contributed by atoms with Crippen LogP contribution in [0.5, 0.6) is 0 Å². The van der Waals surface area contributed by atoms with Gasteiger partial charge in [0, 0.05) is 30.4 Å². The number of hydrogen-bond donors (Lipinski definition) is 3. The van der Waals surface area contributed by atoms with Gasteiger partial charge in [-0.05, 0) is 30.7 Å². The Kier molecular flexibility index (Phi) is 5.71. The van der Waals surface area contributed by atoms with Crippen molar-refractivity contribution in [1.82, 2.24) is 9.97 Å². The van der Waals surface area contributed by atoms with E-state index in [4.69, 9.17) is 5.11 Å². The topological polar surface area (TPSA) is 98.6 Å². The molecule has 1 aliphatic rings. The number of nitrogens with one attached hydrogen (secondary N) is 1. The molecule has 10 heteroatoms. The number of amides is 1. The molecule has 1 amide bonds. The van der Waals surface area contributed by atoms with Gasteiger partial charge in [0.25, 0.3) is 5.91 Å². The van der Waals surface area contributed by atoms with Gasteiger partial charge >= 0.3 is 0 Å². The molecule has 3 heterocycles. The van der Waals surface area contributed by atoms with Crippen LogP contribution in [-0.2, 0) is 4.79 Å². The number of pyridine rings is 1. The third-order valence-corrected chi connectivity index (χ3v) is 5.71. The second-order valence-corrected chi connectivity index (χ2v) is 7.81. The lowest BCUT2D eigenvalue weighted by molar-refractivity contribution is -0.113. The van der Waals surface area contributed by atoms with Crippen LogP contribution >= 0.6 is 11.3 Å². The van der Waals surface area contributed by atoms with Crippen LogP contribution in [0.2, 0.25) is 0 Å². The fourth-order valence-corrected chi connectivity index (χ4v) is 4.05. The average molecular weight is 432 g/mol. The van der Waals surface area contributed by atoms with Gasteiger partial charge in [-0.3, -0.25) is 10.1 Å². The van der Waals surface area contributed by atoms with E-state index >= 15 is 0 Å². The van der Waals surface area contributed by atoms with Crippen molar-refractivity contribution in [2.45, 2.75) is 12.5 Å². The summed E-state index contributed by atoms with van der Waals surface area (Å²) in [5.41, 5.74) is 1.35. The number of aliphatic hydroxyl groups excluding tert-OH is 2. The van der Waals surface area contributed by atoms with Crippen LogP contribution in [0.25, 0.3) is 10.2 Å². The summed E-state index contributed by atoms with van der Waals surface area (Å²) in [5.74, 6) is -1.15. The molecule has 0 saturated heterocycles. The van der Waals surface area contributed by atoms with Crippen LogP contribution in [0.3, 0.4) is 0 Å². The molecule has 3 N–H and O–H groups in total. The predicted octanol–water partition coefficient (Wildman–Crippen LogP) is 2.77. The number of halogens is 2. The Labute approximate surface area is 174 Å². The predicted molar refractivity (Wildman–Crippen MR) is 109 cm³/mol. The second kappa shape index (κ2) is 8.42. The summed E-state index contributed by atoms with van der Waals surface area (Å²) in [7, 11) is 0. The van der Waals surface area contributed by atoms with E-state index in [2.05, 4.69) is 15.3 Å². The van der Waals surface area contributed by atoms with Crippen LogP contribution in [0.1, 0.15) is 18.1 Å². The molecule has 0 saturated carbocycles. The first-order valence-electron chi connectivity index (χ1n) is 9.20. The monoisotopic (exact) mass is 432 g/mol. The number of carbonyl (C=O) groups is 1. The van der Waals surface area contributed by atoms with Gasteiger partial charge in [-0.15, -0.1) is 0 Å². The highest BCUT2D eigenvalue weighted by Crippen LogP contribution is 2.28. The molecule has 1 aliphatic heterocycles. The van der Waals surface area contributed by atoms with Crippen LogP contribution in [0.4, 0.5) is 19.7 Å². The number of fused-ring (bicyclic) bond motifs is 1. The standard InChI is InChI=1S/C20H18F2N4O3S/c21-13-1-2-15-17(8-13)30-20(24-15)25-19(29)11-3-5-26(6-4-11)18-14(22)7-12(9-23-18)16(28)10-27/h1-3,7-9,16,27-28H,4-6,10H2,(H,24,25,29)/t16-/m1/s1. The summed E-state index contributed by atoms with van der Waals surface area (Å²) in [5, 5.41) is 21.7. The summed E-state index contributed by atoms with van der Waals surface area (Å²) in [4.78, 5) is 22.5. The largest absolute Gasteiger partial charge is 0.393 e. The van der Waals surface area contributed by atoms with E-state index in [1.165, 1.54) is 29.7 Å². The van der Waals surface area contributed by atoms with E-state index in [-0.39, 0.29) is 23.1 Å². The van der Waals surface area contributed by atoms with Gasteiger partial charge in [0.2, 0.25) is 0 Å². The SMILES string of the molecule is O=C(Nc1nc2ccc(F)cc2s1)C1=CCN(c2ncc([C@H](O)CO)cc2F)CC1. The molecule has 4 rings (SSSR count). The van der Waals surface area contributed by atoms with Crippen molar-refractivity contribution in [1.29, 1.82) is 0 Å². The van der Waals surface area contributed by atoms with Crippen LogP contribution in [0, 0.1) is 11.6 Å². The Morgan fingerprint density at radius 2 is 2.17 bits per heavy atom. The Balaban J connectivity index is 1.43. The van der Waals surface area contributed by atoms with Crippen molar-refractivity contribution in [2.75, 3.05) is 29.9 Å². The molecule has 7 nitrogen and oxygen atoms in total. The zero-order valence-electron chi connectivity index (χ0n) is 15.7. The molecule has 0 bridgehead atoms. The van der Waals surface area contributed by atoms with Gasteiger partial charge in [0.05, 0.1) is 16.8 Å². The highest BCUT2D eigenvalue weighted by molar-refractivity contribution is 7.22. The summed E-state index contributed by atoms with van der Waals surface area (Å²) in [6.07, 6.45) is 2.22. The van der Waals surface area contributed by atoms with Gasteiger partial charge in [0.15, 0.2) is 16.8 Å². The zero-order valence-corrected chi connectivity index (χ0v) is 16.5. The van der Waals surface area contributed by atoms with E-state index in [0.717, 1.165) is 6.07 Å². The summed E-state index contributed by atoms with van der Waals surface area (Å²) in [6.45, 7) is 0.157. The molecule has 0 fully saturated rings. The third kappa shape index (κ3) is 4.16. The van der Waals surface area contributed by atoms with Crippen molar-refractivity contribution in [2.24, 2.45) is 0 Å². The smallest absolute Gasteiger partial charge is 0.253 e. The number of carbonyl (C=O) groups excluding carboxylic acids is 1. The molecule has 0 unspecified atom stereocenters. The highest BCUT2D eigenvalue weighted by atomic mass is 32.1. The number of aliphatic hydroxyl groups is 2. The Morgan fingerprint density at radius 1 is 1.33 bits per heavy atom. The minimum Gasteiger partial charge on any atom is -0.393 e. The van der Waals surface area contributed by atoms with Crippen molar-refractivity contribution in [3.8, 4) is 0 Å². The van der Waals surface area contributed by atoms with Crippen LogP contribution in [0.15, 0.2) is 42.1 Å². The molecular weight excluding hydrogens is 414 g/mol. The lowest BCUT2D eigenvalue weighted by Crippen LogP contribution is -2.32. The number of nitrogens with zero attached hydrogens (tertiary/aromatic N) is 3. The first-order chi connectivity index (χ1) is 14.4. The van der Waals surface area contributed by atoms with Gasteiger partial charge in [0.1, 0.15) is 11.9 Å². The van der Waals surface area contributed by atoms with Gasteiger partial charge in [-0.25, -0.2) is 18.7 Å². The van der Waals surface area contributed by atoms with E-state index < -0.39 is 18.5 Å². The minimum atomic E-state index is -1.18.